The fourth-order valence-electron chi connectivity index (χ4n) is 1.61. The van der Waals surface area contributed by atoms with Gasteiger partial charge >= 0.3 is 6.18 Å². The van der Waals surface area contributed by atoms with Crippen molar-refractivity contribution in [3.05, 3.63) is 54.0 Å². The molecular weight excluding hydrogens is 271 g/mol. The Morgan fingerprint density at radius 1 is 1.05 bits per heavy atom. The standard InChI is InChI=1S/C14H14F3NO2/c15-14(16,17)10-20-12-5-3-11(4-6-12)8-18-9-13-2-1-7-19-13/h1-7,18H,8-10H2. The Kier molecular flexibility index (Phi) is 4.68. The Labute approximate surface area is 114 Å². The van der Waals surface area contributed by atoms with Crippen LogP contribution in [0.2, 0.25) is 0 Å². The zero-order chi connectivity index (χ0) is 14.4. The van der Waals surface area contributed by atoms with E-state index in [1.165, 1.54) is 12.1 Å². The van der Waals surface area contributed by atoms with Gasteiger partial charge in [0, 0.05) is 6.54 Å². The van der Waals surface area contributed by atoms with Gasteiger partial charge in [0.2, 0.25) is 0 Å². The highest BCUT2D eigenvalue weighted by Crippen LogP contribution is 2.18. The van der Waals surface area contributed by atoms with Gasteiger partial charge in [-0.25, -0.2) is 0 Å². The molecular formula is C14H14F3NO2. The van der Waals surface area contributed by atoms with E-state index in [1.54, 1.807) is 18.4 Å². The highest BCUT2D eigenvalue weighted by atomic mass is 19.4. The number of rotatable bonds is 6. The molecule has 0 saturated heterocycles. The lowest BCUT2D eigenvalue weighted by molar-refractivity contribution is -0.153. The molecule has 0 spiro atoms. The Morgan fingerprint density at radius 3 is 2.40 bits per heavy atom. The van der Waals surface area contributed by atoms with Gasteiger partial charge < -0.3 is 14.5 Å². The lowest BCUT2D eigenvalue weighted by atomic mass is 10.2. The molecule has 0 aliphatic rings. The molecule has 2 aromatic rings. The molecule has 1 aromatic heterocycles. The van der Waals surface area contributed by atoms with Crippen LogP contribution in [0.1, 0.15) is 11.3 Å². The van der Waals surface area contributed by atoms with Gasteiger partial charge in [0.1, 0.15) is 11.5 Å². The topological polar surface area (TPSA) is 34.4 Å². The number of ether oxygens (including phenoxy) is 1. The van der Waals surface area contributed by atoms with Crippen LogP contribution in [0.4, 0.5) is 13.2 Å². The number of hydrogen-bond donors (Lipinski definition) is 1. The van der Waals surface area contributed by atoms with Gasteiger partial charge in [-0.1, -0.05) is 12.1 Å². The summed E-state index contributed by atoms with van der Waals surface area (Å²) in [4.78, 5) is 0. The summed E-state index contributed by atoms with van der Waals surface area (Å²) in [6.07, 6.45) is -2.72. The van der Waals surface area contributed by atoms with Crippen molar-refractivity contribution in [3.63, 3.8) is 0 Å². The van der Waals surface area contributed by atoms with Crippen LogP contribution >= 0.6 is 0 Å². The summed E-state index contributed by atoms with van der Waals surface area (Å²) in [6, 6.07) is 10.2. The van der Waals surface area contributed by atoms with Crippen LogP contribution < -0.4 is 10.1 Å². The minimum absolute atomic E-state index is 0.206. The first kappa shape index (κ1) is 14.5. The summed E-state index contributed by atoms with van der Waals surface area (Å²) in [5.74, 6) is 1.03. The lowest BCUT2D eigenvalue weighted by Crippen LogP contribution is -2.19. The predicted octanol–water partition coefficient (Wildman–Crippen LogP) is 3.51. The largest absolute Gasteiger partial charge is 0.484 e. The van der Waals surface area contributed by atoms with E-state index in [1.807, 2.05) is 12.1 Å². The van der Waals surface area contributed by atoms with Gasteiger partial charge in [0.25, 0.3) is 0 Å². The van der Waals surface area contributed by atoms with Crippen molar-refractivity contribution in [3.8, 4) is 5.75 Å². The molecule has 0 amide bonds. The van der Waals surface area contributed by atoms with Crippen molar-refractivity contribution in [2.45, 2.75) is 19.3 Å². The smallest absolute Gasteiger partial charge is 0.422 e. The highest BCUT2D eigenvalue weighted by Gasteiger charge is 2.28. The molecule has 3 nitrogen and oxygen atoms in total. The Bertz CT molecular complexity index is 506. The maximum absolute atomic E-state index is 12.0. The van der Waals surface area contributed by atoms with Gasteiger partial charge in [0.15, 0.2) is 6.61 Å². The molecule has 0 fully saturated rings. The van der Waals surface area contributed by atoms with Crippen LogP contribution in [0, 0.1) is 0 Å². The summed E-state index contributed by atoms with van der Waals surface area (Å²) >= 11 is 0. The van der Waals surface area contributed by atoms with Gasteiger partial charge in [-0.3, -0.25) is 0 Å². The third-order valence-corrected chi connectivity index (χ3v) is 2.53. The summed E-state index contributed by atoms with van der Waals surface area (Å²) in [6.45, 7) is -0.0807. The average Bonchev–Trinajstić information content (AvgIpc) is 2.90. The molecule has 0 aliphatic carbocycles. The highest BCUT2D eigenvalue weighted by molar-refractivity contribution is 5.27. The molecule has 0 unspecified atom stereocenters. The summed E-state index contributed by atoms with van der Waals surface area (Å²) in [5, 5.41) is 3.17. The Morgan fingerprint density at radius 2 is 1.80 bits per heavy atom. The number of nitrogens with one attached hydrogen (secondary N) is 1. The van der Waals surface area contributed by atoms with E-state index < -0.39 is 12.8 Å². The molecule has 1 N–H and O–H groups in total. The Balaban J connectivity index is 1.76. The molecule has 2 rings (SSSR count). The monoisotopic (exact) mass is 285 g/mol. The number of halogens is 3. The molecule has 20 heavy (non-hydrogen) atoms. The van der Waals surface area contributed by atoms with Crippen molar-refractivity contribution in [1.29, 1.82) is 0 Å². The van der Waals surface area contributed by atoms with E-state index in [0.717, 1.165) is 11.3 Å². The first-order valence-electron chi connectivity index (χ1n) is 6.04. The van der Waals surface area contributed by atoms with Gasteiger partial charge in [-0.05, 0) is 29.8 Å². The Hall–Kier alpha value is -1.95. The quantitative estimate of drug-likeness (QED) is 0.882. The fourth-order valence-corrected chi connectivity index (χ4v) is 1.61. The van der Waals surface area contributed by atoms with Crippen molar-refractivity contribution in [1.82, 2.24) is 5.32 Å². The van der Waals surface area contributed by atoms with Crippen LogP contribution in [-0.4, -0.2) is 12.8 Å². The van der Waals surface area contributed by atoms with E-state index in [9.17, 15) is 13.2 Å². The average molecular weight is 285 g/mol. The molecule has 0 aliphatic heterocycles. The van der Waals surface area contributed by atoms with Crippen molar-refractivity contribution in [2.24, 2.45) is 0 Å². The summed E-state index contributed by atoms with van der Waals surface area (Å²) in [5.41, 5.74) is 0.955. The maximum atomic E-state index is 12.0. The van der Waals surface area contributed by atoms with Crippen molar-refractivity contribution in [2.75, 3.05) is 6.61 Å². The molecule has 0 saturated carbocycles. The number of benzene rings is 1. The van der Waals surface area contributed by atoms with E-state index in [4.69, 9.17) is 4.42 Å². The van der Waals surface area contributed by atoms with E-state index >= 15 is 0 Å². The van der Waals surface area contributed by atoms with Gasteiger partial charge in [0.05, 0.1) is 12.8 Å². The number of hydrogen-bond acceptors (Lipinski definition) is 3. The molecule has 1 heterocycles. The number of furan rings is 1. The van der Waals surface area contributed by atoms with E-state index in [-0.39, 0.29) is 5.75 Å². The fraction of sp³-hybridized carbons (Fsp3) is 0.286. The normalized spacial score (nSPS) is 11.6. The van der Waals surface area contributed by atoms with Crippen LogP contribution in [0.15, 0.2) is 47.1 Å². The number of alkyl halides is 3. The van der Waals surface area contributed by atoms with Gasteiger partial charge in [-0.15, -0.1) is 0 Å². The van der Waals surface area contributed by atoms with E-state index in [2.05, 4.69) is 10.1 Å². The third kappa shape index (κ3) is 4.97. The van der Waals surface area contributed by atoms with Gasteiger partial charge in [-0.2, -0.15) is 13.2 Å². The summed E-state index contributed by atoms with van der Waals surface area (Å²) in [7, 11) is 0. The van der Waals surface area contributed by atoms with E-state index in [0.29, 0.717) is 13.1 Å². The zero-order valence-electron chi connectivity index (χ0n) is 10.6. The minimum Gasteiger partial charge on any atom is -0.484 e. The second kappa shape index (κ2) is 6.47. The van der Waals surface area contributed by atoms with Crippen LogP contribution in [0.3, 0.4) is 0 Å². The van der Waals surface area contributed by atoms with Crippen LogP contribution in [0.25, 0.3) is 0 Å². The second-order valence-corrected chi connectivity index (χ2v) is 4.23. The van der Waals surface area contributed by atoms with Crippen LogP contribution in [0.5, 0.6) is 5.75 Å². The first-order chi connectivity index (χ1) is 9.53. The molecule has 0 atom stereocenters. The molecule has 0 bridgehead atoms. The maximum Gasteiger partial charge on any atom is 0.422 e. The zero-order valence-corrected chi connectivity index (χ0v) is 10.6. The molecule has 1 aromatic carbocycles. The third-order valence-electron chi connectivity index (χ3n) is 2.53. The van der Waals surface area contributed by atoms with Crippen LogP contribution in [-0.2, 0) is 13.1 Å². The predicted molar refractivity (Wildman–Crippen MR) is 67.2 cm³/mol. The first-order valence-corrected chi connectivity index (χ1v) is 6.04. The molecule has 6 heteroatoms. The minimum atomic E-state index is -4.32. The lowest BCUT2D eigenvalue weighted by Gasteiger charge is -2.09. The second-order valence-electron chi connectivity index (χ2n) is 4.23. The molecule has 108 valence electrons. The molecule has 0 radical (unpaired) electrons. The summed E-state index contributed by atoms with van der Waals surface area (Å²) < 4.78 is 45.7. The SMILES string of the molecule is FC(F)(F)COc1ccc(CNCc2ccco2)cc1. The van der Waals surface area contributed by atoms with Crippen molar-refractivity contribution < 1.29 is 22.3 Å². The van der Waals surface area contributed by atoms with Crippen molar-refractivity contribution >= 4 is 0 Å².